The molecule has 0 radical (unpaired) electrons. The summed E-state index contributed by atoms with van der Waals surface area (Å²) in [6.45, 7) is 2.16. The van der Waals surface area contributed by atoms with Gasteiger partial charge in [0, 0.05) is 11.8 Å². The maximum Gasteiger partial charge on any atom is 0.301 e. The molecule has 1 unspecified atom stereocenters. The summed E-state index contributed by atoms with van der Waals surface area (Å²) in [6.07, 6.45) is 6.36. The van der Waals surface area contributed by atoms with Crippen molar-refractivity contribution in [2.75, 3.05) is 5.43 Å². The van der Waals surface area contributed by atoms with Crippen molar-refractivity contribution in [2.45, 2.75) is 45.4 Å². The first kappa shape index (κ1) is 16.9. The van der Waals surface area contributed by atoms with Crippen molar-refractivity contribution >= 4 is 22.8 Å². The Morgan fingerprint density at radius 3 is 2.74 bits per heavy atom. The Bertz CT molecular complexity index is 628. The molecule has 1 fully saturated rings. The third-order valence-corrected chi connectivity index (χ3v) is 4.02. The Morgan fingerprint density at radius 1 is 1.30 bits per heavy atom. The molecule has 0 saturated heterocycles. The van der Waals surface area contributed by atoms with E-state index in [1.165, 1.54) is 18.6 Å². The molecule has 1 saturated carbocycles. The van der Waals surface area contributed by atoms with Crippen LogP contribution in [0.4, 0.5) is 17.1 Å². The van der Waals surface area contributed by atoms with Crippen molar-refractivity contribution in [3.8, 4) is 0 Å². The van der Waals surface area contributed by atoms with Gasteiger partial charge in [-0.15, -0.1) is 0 Å². The highest BCUT2D eigenvalue weighted by atomic mass is 16.6. The third-order valence-electron chi connectivity index (χ3n) is 4.02. The summed E-state index contributed by atoms with van der Waals surface area (Å²) in [5.41, 5.74) is 3.24. The van der Waals surface area contributed by atoms with Gasteiger partial charge in [0.05, 0.1) is 15.9 Å². The fourth-order valence-corrected chi connectivity index (χ4v) is 2.91. The molecule has 8 nitrogen and oxygen atoms in total. The number of non-ortho nitro benzene ring substituents is 1. The van der Waals surface area contributed by atoms with E-state index in [4.69, 9.17) is 0 Å². The van der Waals surface area contributed by atoms with E-state index in [2.05, 4.69) is 17.5 Å². The zero-order chi connectivity index (χ0) is 16.8. The maximum atomic E-state index is 11.1. The Balaban J connectivity index is 2.14. The number of anilines is 1. The van der Waals surface area contributed by atoms with E-state index in [0.717, 1.165) is 43.9 Å². The van der Waals surface area contributed by atoms with Gasteiger partial charge < -0.3 is 0 Å². The van der Waals surface area contributed by atoms with E-state index >= 15 is 0 Å². The molecule has 8 heteroatoms. The molecule has 0 heterocycles. The van der Waals surface area contributed by atoms with Crippen molar-refractivity contribution in [3.63, 3.8) is 0 Å². The highest BCUT2D eigenvalue weighted by molar-refractivity contribution is 5.86. The number of nitrogens with zero attached hydrogens (tertiary/aromatic N) is 3. The number of hydrazone groups is 1. The molecule has 1 aliphatic carbocycles. The number of nitro benzene ring substituents is 2. The predicted octanol–water partition coefficient (Wildman–Crippen LogP) is 4.26. The molecule has 1 N–H and O–H groups in total. The van der Waals surface area contributed by atoms with Gasteiger partial charge >= 0.3 is 5.69 Å². The largest absolute Gasteiger partial charge is 0.301 e. The number of rotatable bonds is 6. The summed E-state index contributed by atoms with van der Waals surface area (Å²) >= 11 is 0. The van der Waals surface area contributed by atoms with Crippen molar-refractivity contribution in [1.82, 2.24) is 0 Å². The van der Waals surface area contributed by atoms with Crippen molar-refractivity contribution in [3.05, 3.63) is 38.4 Å². The fourth-order valence-electron chi connectivity index (χ4n) is 2.91. The Hall–Kier alpha value is -2.51. The average Bonchev–Trinajstić information content (AvgIpc) is 2.53. The monoisotopic (exact) mass is 320 g/mol. The van der Waals surface area contributed by atoms with Crippen molar-refractivity contribution in [1.29, 1.82) is 0 Å². The molecule has 0 bridgehead atoms. The summed E-state index contributed by atoms with van der Waals surface area (Å²) in [5.74, 6) is 0.626. The van der Waals surface area contributed by atoms with Gasteiger partial charge in [-0.3, -0.25) is 25.7 Å². The Morgan fingerprint density at radius 2 is 2.09 bits per heavy atom. The van der Waals surface area contributed by atoms with Gasteiger partial charge in [0.15, 0.2) is 0 Å². The summed E-state index contributed by atoms with van der Waals surface area (Å²) in [7, 11) is 0. The number of nitrogens with one attached hydrogen (secondary N) is 1. The summed E-state index contributed by atoms with van der Waals surface area (Å²) in [6, 6.07) is 3.51. The molecule has 124 valence electrons. The lowest BCUT2D eigenvalue weighted by atomic mass is 9.85. The van der Waals surface area contributed by atoms with E-state index in [0.29, 0.717) is 5.92 Å². The Kier molecular flexibility index (Phi) is 5.61. The first-order valence-electron chi connectivity index (χ1n) is 7.75. The first-order chi connectivity index (χ1) is 11.0. The molecule has 1 aromatic rings. The normalized spacial score (nSPS) is 19.5. The first-order valence-corrected chi connectivity index (χ1v) is 7.75. The number of nitro groups is 2. The molecule has 0 aliphatic heterocycles. The van der Waals surface area contributed by atoms with Crippen LogP contribution in [0, 0.1) is 26.1 Å². The van der Waals surface area contributed by atoms with Crippen LogP contribution in [0.15, 0.2) is 23.3 Å². The lowest BCUT2D eigenvalue weighted by Crippen LogP contribution is -2.16. The SMILES string of the molecule is CCCC1CCC/C(=N\Nc2ccc([N+](=O)[O-])cc2[N+](=O)[O-])C1. The van der Waals surface area contributed by atoms with Crippen LogP contribution < -0.4 is 5.43 Å². The zero-order valence-corrected chi connectivity index (χ0v) is 13.0. The van der Waals surface area contributed by atoms with Gasteiger partial charge in [-0.2, -0.15) is 5.10 Å². The molecular formula is C15H20N4O4. The topological polar surface area (TPSA) is 111 Å². The lowest BCUT2D eigenvalue weighted by Gasteiger charge is -2.22. The van der Waals surface area contributed by atoms with Gasteiger partial charge in [0.2, 0.25) is 0 Å². The smallest absolute Gasteiger partial charge is 0.272 e. The van der Waals surface area contributed by atoms with E-state index in [1.54, 1.807) is 0 Å². The van der Waals surface area contributed by atoms with Crippen LogP contribution in [0.1, 0.15) is 45.4 Å². The highest BCUT2D eigenvalue weighted by Crippen LogP contribution is 2.30. The summed E-state index contributed by atoms with van der Waals surface area (Å²) < 4.78 is 0. The van der Waals surface area contributed by atoms with Crippen LogP contribution in [-0.2, 0) is 0 Å². The van der Waals surface area contributed by atoms with E-state index in [1.807, 2.05) is 0 Å². The molecule has 0 spiro atoms. The van der Waals surface area contributed by atoms with E-state index in [-0.39, 0.29) is 17.1 Å². The van der Waals surface area contributed by atoms with Crippen LogP contribution in [0.3, 0.4) is 0 Å². The van der Waals surface area contributed by atoms with E-state index < -0.39 is 9.85 Å². The van der Waals surface area contributed by atoms with Gasteiger partial charge in [0.1, 0.15) is 5.69 Å². The minimum atomic E-state index is -0.654. The molecule has 1 aromatic carbocycles. The molecule has 2 rings (SSSR count). The molecule has 1 atom stereocenters. The minimum Gasteiger partial charge on any atom is -0.272 e. The quantitative estimate of drug-likeness (QED) is 0.621. The fraction of sp³-hybridized carbons (Fsp3) is 0.533. The third kappa shape index (κ3) is 4.48. The molecular weight excluding hydrogens is 300 g/mol. The van der Waals surface area contributed by atoms with Gasteiger partial charge in [0.25, 0.3) is 5.69 Å². The van der Waals surface area contributed by atoms with Gasteiger partial charge in [-0.25, -0.2) is 0 Å². The standard InChI is InChI=1S/C15H20N4O4/c1-2-4-11-5-3-6-12(9-11)16-17-14-8-7-13(18(20)21)10-15(14)19(22)23/h7-8,10-11,17H,2-6,9H2,1H3/b16-12+. The lowest BCUT2D eigenvalue weighted by molar-refractivity contribution is -0.393. The second kappa shape index (κ2) is 7.66. The van der Waals surface area contributed by atoms with Crippen molar-refractivity contribution < 1.29 is 9.85 Å². The van der Waals surface area contributed by atoms with Crippen LogP contribution in [0.2, 0.25) is 0 Å². The van der Waals surface area contributed by atoms with Gasteiger partial charge in [-0.05, 0) is 37.7 Å². The molecule has 0 aromatic heterocycles. The van der Waals surface area contributed by atoms with Crippen molar-refractivity contribution in [2.24, 2.45) is 11.0 Å². The second-order valence-electron chi connectivity index (χ2n) is 5.76. The van der Waals surface area contributed by atoms with Gasteiger partial charge in [-0.1, -0.05) is 19.8 Å². The van der Waals surface area contributed by atoms with Crippen LogP contribution >= 0.6 is 0 Å². The number of hydrogen-bond acceptors (Lipinski definition) is 6. The zero-order valence-electron chi connectivity index (χ0n) is 13.0. The van der Waals surface area contributed by atoms with Crippen LogP contribution in [-0.4, -0.2) is 15.6 Å². The summed E-state index contributed by atoms with van der Waals surface area (Å²) in [5, 5.41) is 26.1. The number of hydrogen-bond donors (Lipinski definition) is 1. The minimum absolute atomic E-state index is 0.172. The highest BCUT2D eigenvalue weighted by Gasteiger charge is 2.20. The molecule has 23 heavy (non-hydrogen) atoms. The van der Waals surface area contributed by atoms with Crippen LogP contribution in [0.5, 0.6) is 0 Å². The average molecular weight is 320 g/mol. The van der Waals surface area contributed by atoms with Crippen LogP contribution in [0.25, 0.3) is 0 Å². The Labute approximate surface area is 133 Å². The maximum absolute atomic E-state index is 11.1. The summed E-state index contributed by atoms with van der Waals surface area (Å²) in [4.78, 5) is 20.5. The molecule has 1 aliphatic rings. The second-order valence-corrected chi connectivity index (χ2v) is 5.76. The predicted molar refractivity (Wildman–Crippen MR) is 87.7 cm³/mol. The van der Waals surface area contributed by atoms with E-state index in [9.17, 15) is 20.2 Å². The molecule has 0 amide bonds. The number of benzene rings is 1.